The van der Waals surface area contributed by atoms with E-state index in [1.165, 1.54) is 17.3 Å². The molecule has 130 valence electrons. The van der Waals surface area contributed by atoms with Gasteiger partial charge in [-0.1, -0.05) is 29.5 Å². The molecule has 5 nitrogen and oxygen atoms in total. The molecule has 2 aromatic rings. The van der Waals surface area contributed by atoms with Gasteiger partial charge in [-0.25, -0.2) is 9.78 Å². The number of esters is 1. The van der Waals surface area contributed by atoms with Crippen molar-refractivity contribution in [1.82, 2.24) is 10.3 Å². The maximum absolute atomic E-state index is 12.5. The summed E-state index contributed by atoms with van der Waals surface area (Å²) in [4.78, 5) is 29.7. The van der Waals surface area contributed by atoms with Crippen LogP contribution >= 0.6 is 11.8 Å². The minimum atomic E-state index is -0.828. The summed E-state index contributed by atoms with van der Waals surface area (Å²) in [6.45, 7) is 3.60. The van der Waals surface area contributed by atoms with Crippen molar-refractivity contribution in [2.75, 3.05) is 0 Å². The molecule has 1 saturated carbocycles. The van der Waals surface area contributed by atoms with E-state index in [2.05, 4.69) is 10.3 Å². The summed E-state index contributed by atoms with van der Waals surface area (Å²) in [5, 5.41) is 3.39. The van der Waals surface area contributed by atoms with E-state index in [-0.39, 0.29) is 11.9 Å². The predicted molar refractivity (Wildman–Crippen MR) is 95.6 cm³/mol. The number of rotatable bonds is 6. The molecule has 1 aliphatic carbocycles. The van der Waals surface area contributed by atoms with Gasteiger partial charge in [0.1, 0.15) is 5.03 Å². The fraction of sp³-hybridized carbons (Fsp3) is 0.316. The summed E-state index contributed by atoms with van der Waals surface area (Å²) in [5.74, 6) is -0.798. The zero-order valence-corrected chi connectivity index (χ0v) is 15.0. The van der Waals surface area contributed by atoms with E-state index in [0.29, 0.717) is 10.6 Å². The summed E-state index contributed by atoms with van der Waals surface area (Å²) in [7, 11) is 0. The molecular formula is C19H20N2O3S. The van der Waals surface area contributed by atoms with Crippen LogP contribution in [-0.4, -0.2) is 29.0 Å². The first kappa shape index (κ1) is 17.5. The molecule has 0 bridgehead atoms. The van der Waals surface area contributed by atoms with Crippen LogP contribution in [0.1, 0.15) is 35.7 Å². The van der Waals surface area contributed by atoms with Crippen LogP contribution in [0.2, 0.25) is 0 Å². The number of hydrogen-bond acceptors (Lipinski definition) is 5. The normalized spacial score (nSPS) is 14.6. The molecule has 0 spiro atoms. The molecule has 3 rings (SSSR count). The zero-order chi connectivity index (χ0) is 17.8. The molecule has 1 N–H and O–H groups in total. The second kappa shape index (κ2) is 7.70. The molecule has 1 fully saturated rings. The van der Waals surface area contributed by atoms with Gasteiger partial charge in [0.2, 0.25) is 0 Å². The minimum absolute atomic E-state index is 0.236. The highest BCUT2D eigenvalue weighted by atomic mass is 32.2. The zero-order valence-electron chi connectivity index (χ0n) is 14.2. The minimum Gasteiger partial charge on any atom is -0.449 e. The van der Waals surface area contributed by atoms with E-state index in [1.54, 1.807) is 25.3 Å². The molecule has 0 aliphatic heterocycles. The lowest BCUT2D eigenvalue weighted by Gasteiger charge is -2.14. The van der Waals surface area contributed by atoms with Gasteiger partial charge in [-0.05, 0) is 51.0 Å². The van der Waals surface area contributed by atoms with Crippen molar-refractivity contribution in [3.63, 3.8) is 0 Å². The van der Waals surface area contributed by atoms with Gasteiger partial charge >= 0.3 is 5.97 Å². The fourth-order valence-electron chi connectivity index (χ4n) is 2.17. The first-order valence-electron chi connectivity index (χ1n) is 8.24. The van der Waals surface area contributed by atoms with E-state index in [9.17, 15) is 9.59 Å². The van der Waals surface area contributed by atoms with Crippen molar-refractivity contribution in [1.29, 1.82) is 0 Å². The number of ether oxygens (including phenoxy) is 1. The highest BCUT2D eigenvalue weighted by Gasteiger charge is 2.28. The van der Waals surface area contributed by atoms with E-state index in [0.717, 1.165) is 17.7 Å². The van der Waals surface area contributed by atoms with Crippen LogP contribution in [0.25, 0.3) is 0 Å². The molecule has 0 radical (unpaired) electrons. The number of pyridine rings is 1. The van der Waals surface area contributed by atoms with Crippen molar-refractivity contribution in [2.45, 2.75) is 48.8 Å². The van der Waals surface area contributed by atoms with Crippen LogP contribution in [0, 0.1) is 6.92 Å². The number of carbonyl (C=O) groups is 2. The lowest BCUT2D eigenvalue weighted by atomic mass is 10.2. The molecular weight excluding hydrogens is 336 g/mol. The van der Waals surface area contributed by atoms with Crippen molar-refractivity contribution in [3.8, 4) is 0 Å². The number of nitrogens with zero attached hydrogens (tertiary/aromatic N) is 1. The van der Waals surface area contributed by atoms with Crippen LogP contribution in [0.4, 0.5) is 0 Å². The Labute approximate surface area is 151 Å². The van der Waals surface area contributed by atoms with E-state index in [4.69, 9.17) is 4.74 Å². The molecule has 0 saturated heterocycles. The first-order chi connectivity index (χ1) is 12.0. The third kappa shape index (κ3) is 4.82. The van der Waals surface area contributed by atoms with Gasteiger partial charge in [0.25, 0.3) is 5.91 Å². The Morgan fingerprint density at radius 1 is 1.24 bits per heavy atom. The molecule has 1 aliphatic rings. The number of benzene rings is 1. The summed E-state index contributed by atoms with van der Waals surface area (Å²) in [6, 6.07) is 11.6. The van der Waals surface area contributed by atoms with Gasteiger partial charge in [0.05, 0.1) is 5.56 Å². The Bertz CT molecular complexity index is 772. The lowest BCUT2D eigenvalue weighted by Crippen LogP contribution is -2.37. The predicted octanol–water partition coefficient (Wildman–Crippen LogP) is 3.37. The second-order valence-corrected chi connectivity index (χ2v) is 7.16. The Kier molecular flexibility index (Phi) is 5.38. The Morgan fingerprint density at radius 2 is 1.96 bits per heavy atom. The molecule has 6 heteroatoms. The van der Waals surface area contributed by atoms with Crippen molar-refractivity contribution in [2.24, 2.45) is 0 Å². The third-order valence-corrected chi connectivity index (χ3v) is 4.83. The summed E-state index contributed by atoms with van der Waals surface area (Å²) in [6.07, 6.45) is 2.79. The van der Waals surface area contributed by atoms with E-state index >= 15 is 0 Å². The quantitative estimate of drug-likeness (QED) is 0.804. The number of hydrogen-bond donors (Lipinski definition) is 1. The second-order valence-electron chi connectivity index (χ2n) is 6.10. The first-order valence-corrected chi connectivity index (χ1v) is 9.05. The standard InChI is InChI=1S/C19H20N2O3S/c1-12-5-9-15(10-6-12)25-18-16(4-3-11-20-18)19(23)24-13(2)17(22)21-14-7-8-14/h3-6,9-11,13-14H,7-8H2,1-2H3,(H,21,22)/t13-/m1/s1. The SMILES string of the molecule is Cc1ccc(Sc2ncccc2C(=O)O[C@H](C)C(=O)NC2CC2)cc1. The summed E-state index contributed by atoms with van der Waals surface area (Å²) < 4.78 is 5.32. The Hall–Kier alpha value is -2.34. The monoisotopic (exact) mass is 356 g/mol. The van der Waals surface area contributed by atoms with Crippen molar-refractivity contribution >= 4 is 23.6 Å². The maximum Gasteiger partial charge on any atom is 0.341 e. The Balaban J connectivity index is 1.69. The number of aryl methyl sites for hydroxylation is 1. The molecule has 1 aromatic heterocycles. The number of amides is 1. The summed E-state index contributed by atoms with van der Waals surface area (Å²) in [5.41, 5.74) is 1.53. The van der Waals surface area contributed by atoms with Crippen LogP contribution in [-0.2, 0) is 9.53 Å². The van der Waals surface area contributed by atoms with Crippen LogP contribution in [0.5, 0.6) is 0 Å². The highest BCUT2D eigenvalue weighted by molar-refractivity contribution is 7.99. The van der Waals surface area contributed by atoms with Gasteiger partial charge in [-0.15, -0.1) is 0 Å². The fourth-order valence-corrected chi connectivity index (χ4v) is 3.04. The smallest absolute Gasteiger partial charge is 0.341 e. The lowest BCUT2D eigenvalue weighted by molar-refractivity contribution is -0.129. The van der Waals surface area contributed by atoms with E-state index in [1.807, 2.05) is 31.2 Å². The number of aromatic nitrogens is 1. The molecule has 0 unspecified atom stereocenters. The van der Waals surface area contributed by atoms with E-state index < -0.39 is 12.1 Å². The number of carbonyl (C=O) groups excluding carboxylic acids is 2. The van der Waals surface area contributed by atoms with Gasteiger partial charge in [0.15, 0.2) is 6.10 Å². The maximum atomic E-state index is 12.5. The molecule has 1 heterocycles. The largest absolute Gasteiger partial charge is 0.449 e. The Morgan fingerprint density at radius 3 is 2.64 bits per heavy atom. The third-order valence-electron chi connectivity index (χ3n) is 3.80. The van der Waals surface area contributed by atoms with Crippen LogP contribution in [0.3, 0.4) is 0 Å². The van der Waals surface area contributed by atoms with Gasteiger partial charge < -0.3 is 10.1 Å². The summed E-state index contributed by atoms with van der Waals surface area (Å²) >= 11 is 1.39. The average Bonchev–Trinajstić information content (AvgIpc) is 3.41. The van der Waals surface area contributed by atoms with Gasteiger partial charge in [0, 0.05) is 17.1 Å². The topological polar surface area (TPSA) is 68.3 Å². The molecule has 1 atom stereocenters. The van der Waals surface area contributed by atoms with Gasteiger partial charge in [-0.3, -0.25) is 4.79 Å². The number of nitrogens with one attached hydrogen (secondary N) is 1. The molecule has 25 heavy (non-hydrogen) atoms. The molecule has 1 amide bonds. The van der Waals surface area contributed by atoms with Crippen molar-refractivity contribution in [3.05, 3.63) is 53.7 Å². The van der Waals surface area contributed by atoms with Crippen LogP contribution in [0.15, 0.2) is 52.5 Å². The highest BCUT2D eigenvalue weighted by Crippen LogP contribution is 2.29. The van der Waals surface area contributed by atoms with Gasteiger partial charge in [-0.2, -0.15) is 0 Å². The molecule has 1 aromatic carbocycles. The average molecular weight is 356 g/mol. The van der Waals surface area contributed by atoms with Crippen LogP contribution < -0.4 is 5.32 Å². The van der Waals surface area contributed by atoms with Crippen molar-refractivity contribution < 1.29 is 14.3 Å².